The Hall–Kier alpha value is -3.40. The number of amides is 1. The summed E-state index contributed by atoms with van der Waals surface area (Å²) in [7, 11) is -2.68. The van der Waals surface area contributed by atoms with Gasteiger partial charge in [-0.25, -0.2) is 13.2 Å². The van der Waals surface area contributed by atoms with Gasteiger partial charge in [0.25, 0.3) is 0 Å². The van der Waals surface area contributed by atoms with E-state index in [0.29, 0.717) is 23.6 Å². The van der Waals surface area contributed by atoms with E-state index in [2.05, 4.69) is 10.0 Å². The highest BCUT2D eigenvalue weighted by atomic mass is 35.5. The van der Waals surface area contributed by atoms with E-state index in [1.54, 1.807) is 48.5 Å². The van der Waals surface area contributed by atoms with Gasteiger partial charge in [-0.05, 0) is 60.9 Å². The Morgan fingerprint density at radius 1 is 1.00 bits per heavy atom. The molecule has 10 heteroatoms. The number of benzene rings is 3. The van der Waals surface area contributed by atoms with Crippen LogP contribution >= 0.6 is 11.6 Å². The molecule has 0 spiro atoms. The molecule has 0 saturated carbocycles. The number of anilines is 1. The van der Waals surface area contributed by atoms with Crippen molar-refractivity contribution < 1.29 is 27.5 Å². The average molecular weight is 545 g/mol. The molecule has 0 radical (unpaired) electrons. The van der Waals surface area contributed by atoms with Gasteiger partial charge in [-0.15, -0.1) is 0 Å². The van der Waals surface area contributed by atoms with Crippen LogP contribution in [0.1, 0.15) is 35.7 Å². The van der Waals surface area contributed by atoms with Crippen LogP contribution in [0.2, 0.25) is 5.02 Å². The maximum absolute atomic E-state index is 13.2. The molecule has 0 aliphatic rings. The number of carbonyl (C=O) groups is 2. The predicted molar refractivity (Wildman–Crippen MR) is 143 cm³/mol. The molecule has 3 aromatic rings. The van der Waals surface area contributed by atoms with Gasteiger partial charge in [-0.2, -0.15) is 4.72 Å². The molecule has 196 valence electrons. The standard InChI is InChI=1S/C27H29ClN2O6S/c1-3-4-16-36-27(32)20-10-12-21(13-11-20)29-26(31)24(17-19-8-6-5-7-9-19)30-37(33,34)22-14-15-25(35-2)23(28)18-22/h5-15,18,24,30H,3-4,16-17H2,1-2H3,(H,29,31)/t24-/m0/s1. The molecule has 0 bridgehead atoms. The van der Waals surface area contributed by atoms with Gasteiger partial charge >= 0.3 is 5.97 Å². The quantitative estimate of drug-likeness (QED) is 0.249. The van der Waals surface area contributed by atoms with E-state index in [-0.39, 0.29) is 16.3 Å². The summed E-state index contributed by atoms with van der Waals surface area (Å²) in [5, 5.41) is 2.85. The number of nitrogens with one attached hydrogen (secondary N) is 2. The van der Waals surface area contributed by atoms with E-state index in [4.69, 9.17) is 21.1 Å². The highest BCUT2D eigenvalue weighted by Gasteiger charge is 2.27. The fourth-order valence-corrected chi connectivity index (χ4v) is 4.96. The van der Waals surface area contributed by atoms with Gasteiger partial charge < -0.3 is 14.8 Å². The summed E-state index contributed by atoms with van der Waals surface area (Å²) in [4.78, 5) is 25.2. The third kappa shape index (κ3) is 8.04. The van der Waals surface area contributed by atoms with E-state index in [0.717, 1.165) is 18.4 Å². The van der Waals surface area contributed by atoms with Crippen molar-refractivity contribution in [2.24, 2.45) is 0 Å². The maximum atomic E-state index is 13.2. The van der Waals surface area contributed by atoms with Crippen molar-refractivity contribution >= 4 is 39.2 Å². The molecule has 0 aliphatic heterocycles. The largest absolute Gasteiger partial charge is 0.495 e. The minimum Gasteiger partial charge on any atom is -0.495 e. The Morgan fingerprint density at radius 3 is 2.32 bits per heavy atom. The number of ether oxygens (including phenoxy) is 2. The van der Waals surface area contributed by atoms with Crippen LogP contribution in [-0.4, -0.2) is 40.1 Å². The minimum absolute atomic E-state index is 0.102. The summed E-state index contributed by atoms with van der Waals surface area (Å²) >= 11 is 6.11. The molecule has 1 atom stereocenters. The smallest absolute Gasteiger partial charge is 0.338 e. The topological polar surface area (TPSA) is 111 Å². The Balaban J connectivity index is 1.78. The van der Waals surface area contributed by atoms with E-state index >= 15 is 0 Å². The van der Waals surface area contributed by atoms with Crippen molar-refractivity contribution in [3.8, 4) is 5.75 Å². The first-order valence-electron chi connectivity index (χ1n) is 11.7. The van der Waals surface area contributed by atoms with E-state index in [9.17, 15) is 18.0 Å². The zero-order valence-electron chi connectivity index (χ0n) is 20.6. The lowest BCUT2D eigenvalue weighted by atomic mass is 10.1. The first kappa shape index (κ1) is 28.2. The van der Waals surface area contributed by atoms with Crippen LogP contribution in [0.5, 0.6) is 5.75 Å². The molecule has 0 unspecified atom stereocenters. The molecule has 0 aliphatic carbocycles. The van der Waals surface area contributed by atoms with Crippen LogP contribution < -0.4 is 14.8 Å². The molecule has 0 heterocycles. The van der Waals surface area contributed by atoms with Gasteiger partial charge in [0.2, 0.25) is 15.9 Å². The molecule has 0 saturated heterocycles. The van der Waals surface area contributed by atoms with Crippen LogP contribution in [0.4, 0.5) is 5.69 Å². The Labute approximate surface area is 222 Å². The minimum atomic E-state index is -4.11. The average Bonchev–Trinajstić information content (AvgIpc) is 2.89. The molecule has 2 N–H and O–H groups in total. The van der Waals surface area contributed by atoms with Gasteiger partial charge in [0.15, 0.2) is 0 Å². The second kappa shape index (κ2) is 13.2. The van der Waals surface area contributed by atoms with Gasteiger partial charge in [0.1, 0.15) is 11.8 Å². The lowest BCUT2D eigenvalue weighted by Crippen LogP contribution is -2.45. The number of halogens is 1. The predicted octanol–water partition coefficient (Wildman–Crippen LogP) is 4.83. The number of hydrogen-bond donors (Lipinski definition) is 2. The van der Waals surface area contributed by atoms with Crippen LogP contribution in [0.25, 0.3) is 0 Å². The van der Waals surface area contributed by atoms with E-state index in [1.807, 2.05) is 13.0 Å². The summed E-state index contributed by atoms with van der Waals surface area (Å²) in [6.45, 7) is 2.34. The number of methoxy groups -OCH3 is 1. The van der Waals surface area contributed by atoms with Gasteiger partial charge in [-0.1, -0.05) is 55.3 Å². The second-order valence-corrected chi connectivity index (χ2v) is 10.3. The van der Waals surface area contributed by atoms with Gasteiger partial charge in [0, 0.05) is 5.69 Å². The Morgan fingerprint density at radius 2 is 1.70 bits per heavy atom. The van der Waals surface area contributed by atoms with Crippen molar-refractivity contribution in [3.05, 3.63) is 88.9 Å². The van der Waals surface area contributed by atoms with Gasteiger partial charge in [-0.3, -0.25) is 4.79 Å². The number of unbranched alkanes of at least 4 members (excludes halogenated alkanes) is 1. The third-order valence-electron chi connectivity index (χ3n) is 5.45. The van der Waals surface area contributed by atoms with Crippen LogP contribution in [-0.2, 0) is 26.0 Å². The molecule has 8 nitrogen and oxygen atoms in total. The first-order valence-corrected chi connectivity index (χ1v) is 13.6. The lowest BCUT2D eigenvalue weighted by Gasteiger charge is -2.19. The molecule has 3 rings (SSSR count). The number of carbonyl (C=O) groups excluding carboxylic acids is 2. The summed E-state index contributed by atoms with van der Waals surface area (Å²) in [5.74, 6) is -0.679. The maximum Gasteiger partial charge on any atom is 0.338 e. The van der Waals surface area contributed by atoms with Crippen molar-refractivity contribution in [2.75, 3.05) is 19.0 Å². The molecule has 0 aromatic heterocycles. The van der Waals surface area contributed by atoms with Crippen molar-refractivity contribution in [2.45, 2.75) is 37.1 Å². The highest BCUT2D eigenvalue weighted by Crippen LogP contribution is 2.27. The summed E-state index contributed by atoms with van der Waals surface area (Å²) in [6, 6.07) is 18.2. The molecule has 0 fully saturated rings. The summed E-state index contributed by atoms with van der Waals surface area (Å²) < 4.78 is 39.0. The van der Waals surface area contributed by atoms with Crippen LogP contribution in [0.15, 0.2) is 77.7 Å². The van der Waals surface area contributed by atoms with Crippen molar-refractivity contribution in [1.82, 2.24) is 4.72 Å². The zero-order chi connectivity index (χ0) is 26.8. The number of esters is 1. The first-order chi connectivity index (χ1) is 17.7. The Kier molecular flexibility index (Phi) is 10.1. The van der Waals surface area contributed by atoms with E-state index < -0.39 is 27.9 Å². The second-order valence-electron chi connectivity index (χ2n) is 8.22. The van der Waals surface area contributed by atoms with Crippen LogP contribution in [0.3, 0.4) is 0 Å². The summed E-state index contributed by atoms with van der Waals surface area (Å²) in [6.07, 6.45) is 1.80. The fourth-order valence-electron chi connectivity index (χ4n) is 3.42. The number of rotatable bonds is 12. The van der Waals surface area contributed by atoms with Crippen LogP contribution in [0, 0.1) is 0 Å². The monoisotopic (exact) mass is 544 g/mol. The third-order valence-corrected chi connectivity index (χ3v) is 7.21. The number of hydrogen-bond acceptors (Lipinski definition) is 6. The molecule has 1 amide bonds. The highest BCUT2D eigenvalue weighted by molar-refractivity contribution is 7.89. The van der Waals surface area contributed by atoms with Crippen molar-refractivity contribution in [1.29, 1.82) is 0 Å². The Bertz CT molecular complexity index is 1310. The SMILES string of the molecule is CCCCOC(=O)c1ccc(NC(=O)[C@H](Cc2ccccc2)NS(=O)(=O)c2ccc(OC)c(Cl)c2)cc1. The number of sulfonamides is 1. The fraction of sp³-hybridized carbons (Fsp3) is 0.259. The molecular weight excluding hydrogens is 516 g/mol. The molecular formula is C27H29ClN2O6S. The summed E-state index contributed by atoms with van der Waals surface area (Å²) in [5.41, 5.74) is 1.52. The van der Waals surface area contributed by atoms with Crippen molar-refractivity contribution in [3.63, 3.8) is 0 Å². The van der Waals surface area contributed by atoms with Gasteiger partial charge in [0.05, 0.1) is 29.2 Å². The molecule has 37 heavy (non-hydrogen) atoms. The van der Waals surface area contributed by atoms with E-state index in [1.165, 1.54) is 25.3 Å². The zero-order valence-corrected chi connectivity index (χ0v) is 22.1. The lowest BCUT2D eigenvalue weighted by molar-refractivity contribution is -0.117. The normalized spacial score (nSPS) is 12.0. The molecule has 3 aromatic carbocycles.